The van der Waals surface area contributed by atoms with E-state index in [0.717, 1.165) is 17.6 Å². The van der Waals surface area contributed by atoms with E-state index in [1.165, 1.54) is 31.4 Å². The molecule has 3 heteroatoms. The fraction of sp³-hybridized carbons (Fsp3) is 1.00. The highest BCUT2D eigenvalue weighted by Gasteiger charge is 2.47. The van der Waals surface area contributed by atoms with E-state index in [9.17, 15) is 5.11 Å². The highest BCUT2D eigenvalue weighted by molar-refractivity contribution is 7.99. The topological polar surface area (TPSA) is 32.3 Å². The molecule has 2 nitrogen and oxygen atoms in total. The van der Waals surface area contributed by atoms with Gasteiger partial charge in [0.25, 0.3) is 0 Å². The Morgan fingerprint density at radius 3 is 2.44 bits per heavy atom. The van der Waals surface area contributed by atoms with Crippen LogP contribution in [0.2, 0.25) is 0 Å². The van der Waals surface area contributed by atoms with E-state index >= 15 is 0 Å². The zero-order valence-electron chi connectivity index (χ0n) is 10.5. The van der Waals surface area contributed by atoms with Gasteiger partial charge in [-0.15, -0.1) is 0 Å². The third-order valence-electron chi connectivity index (χ3n) is 3.52. The van der Waals surface area contributed by atoms with Crippen molar-refractivity contribution in [1.82, 2.24) is 5.32 Å². The lowest BCUT2D eigenvalue weighted by Gasteiger charge is -2.33. The smallest absolute Gasteiger partial charge is 0.0624 e. The Morgan fingerprint density at radius 2 is 2.00 bits per heavy atom. The highest BCUT2D eigenvalue weighted by atomic mass is 32.2. The van der Waals surface area contributed by atoms with Gasteiger partial charge < -0.3 is 10.4 Å². The second-order valence-corrected chi connectivity index (χ2v) is 6.95. The van der Waals surface area contributed by atoms with Crippen LogP contribution in [0.3, 0.4) is 0 Å². The highest BCUT2D eigenvalue weighted by Crippen LogP contribution is 2.43. The molecule has 0 aromatic carbocycles. The number of nitrogens with one attached hydrogen (secondary N) is 1. The van der Waals surface area contributed by atoms with Crippen LogP contribution in [0.15, 0.2) is 0 Å². The van der Waals surface area contributed by atoms with Crippen molar-refractivity contribution in [3.63, 3.8) is 0 Å². The first-order valence-electron chi connectivity index (χ1n) is 6.62. The molecule has 16 heavy (non-hydrogen) atoms. The number of rotatable bonds is 8. The van der Waals surface area contributed by atoms with Crippen molar-refractivity contribution in [2.45, 2.75) is 51.1 Å². The van der Waals surface area contributed by atoms with Crippen LogP contribution in [-0.2, 0) is 0 Å². The maximum atomic E-state index is 9.75. The number of aliphatic hydroxyl groups excluding tert-OH is 1. The molecule has 0 heterocycles. The molecule has 2 aliphatic rings. The minimum Gasteiger partial charge on any atom is -0.394 e. The van der Waals surface area contributed by atoms with Crippen LogP contribution >= 0.6 is 11.8 Å². The molecule has 0 amide bonds. The Hall–Kier alpha value is 0.270. The normalized spacial score (nSPS) is 24.8. The molecule has 2 saturated carbocycles. The third-order valence-corrected chi connectivity index (χ3v) is 5.14. The quantitative estimate of drug-likeness (QED) is 0.686. The fourth-order valence-electron chi connectivity index (χ4n) is 2.24. The van der Waals surface area contributed by atoms with Crippen molar-refractivity contribution >= 4 is 11.8 Å². The van der Waals surface area contributed by atoms with Crippen LogP contribution in [0, 0.1) is 11.8 Å². The van der Waals surface area contributed by atoms with Gasteiger partial charge in [0.2, 0.25) is 0 Å². The van der Waals surface area contributed by atoms with Crippen molar-refractivity contribution in [3.8, 4) is 0 Å². The molecule has 0 spiro atoms. The van der Waals surface area contributed by atoms with E-state index in [1.54, 1.807) is 0 Å². The first-order valence-corrected chi connectivity index (χ1v) is 7.78. The van der Waals surface area contributed by atoms with Crippen LogP contribution in [-0.4, -0.2) is 34.8 Å². The molecule has 2 N–H and O–H groups in total. The van der Waals surface area contributed by atoms with Crippen molar-refractivity contribution < 1.29 is 5.11 Å². The van der Waals surface area contributed by atoms with Crippen LogP contribution in [0.4, 0.5) is 0 Å². The molecule has 0 saturated heterocycles. The SMILES string of the molecule is CC(C)CSCC(CO)(NC1CC1)C1CC1. The monoisotopic (exact) mass is 243 g/mol. The Morgan fingerprint density at radius 1 is 1.31 bits per heavy atom. The van der Waals surface area contributed by atoms with Gasteiger partial charge >= 0.3 is 0 Å². The summed E-state index contributed by atoms with van der Waals surface area (Å²) in [7, 11) is 0. The Bertz CT molecular complexity index is 226. The second kappa shape index (κ2) is 5.28. The van der Waals surface area contributed by atoms with Crippen LogP contribution in [0.25, 0.3) is 0 Å². The first-order chi connectivity index (χ1) is 7.66. The molecule has 0 aromatic heterocycles. The van der Waals surface area contributed by atoms with E-state index in [1.807, 2.05) is 11.8 Å². The van der Waals surface area contributed by atoms with Gasteiger partial charge in [-0.05, 0) is 43.3 Å². The van der Waals surface area contributed by atoms with Crippen molar-refractivity contribution in [1.29, 1.82) is 0 Å². The third kappa shape index (κ3) is 3.38. The van der Waals surface area contributed by atoms with E-state index in [2.05, 4.69) is 19.2 Å². The predicted octanol–water partition coefficient (Wildman–Crippen LogP) is 2.27. The van der Waals surface area contributed by atoms with E-state index in [0.29, 0.717) is 12.6 Å². The van der Waals surface area contributed by atoms with Gasteiger partial charge in [-0.25, -0.2) is 0 Å². The lowest BCUT2D eigenvalue weighted by atomic mass is 9.96. The van der Waals surface area contributed by atoms with Gasteiger partial charge in [-0.3, -0.25) is 0 Å². The molecule has 94 valence electrons. The van der Waals surface area contributed by atoms with Crippen LogP contribution < -0.4 is 5.32 Å². The van der Waals surface area contributed by atoms with Gasteiger partial charge in [-0.2, -0.15) is 11.8 Å². The van der Waals surface area contributed by atoms with Crippen molar-refractivity contribution in [2.24, 2.45) is 11.8 Å². The minimum absolute atomic E-state index is 0.0424. The molecular weight excluding hydrogens is 218 g/mol. The second-order valence-electron chi connectivity index (χ2n) is 5.92. The van der Waals surface area contributed by atoms with Crippen LogP contribution in [0.5, 0.6) is 0 Å². The molecular formula is C13H25NOS. The zero-order valence-corrected chi connectivity index (χ0v) is 11.4. The lowest BCUT2D eigenvalue weighted by Crippen LogP contribution is -2.54. The zero-order chi connectivity index (χ0) is 11.6. The molecule has 1 unspecified atom stereocenters. The maximum Gasteiger partial charge on any atom is 0.0624 e. The van der Waals surface area contributed by atoms with Gasteiger partial charge in [0.05, 0.1) is 12.1 Å². The maximum absolute atomic E-state index is 9.75. The predicted molar refractivity (Wildman–Crippen MR) is 70.9 cm³/mol. The van der Waals surface area contributed by atoms with E-state index < -0.39 is 0 Å². The average Bonchev–Trinajstić information content (AvgIpc) is 3.08. The van der Waals surface area contributed by atoms with Crippen LogP contribution in [0.1, 0.15) is 39.5 Å². The number of aliphatic hydroxyl groups is 1. The number of thioether (sulfide) groups is 1. The number of hydrogen-bond donors (Lipinski definition) is 2. The minimum atomic E-state index is 0.0424. The van der Waals surface area contributed by atoms with Gasteiger partial charge in [0, 0.05) is 11.8 Å². The first kappa shape index (κ1) is 12.7. The molecule has 2 rings (SSSR count). The molecule has 1 atom stereocenters. The Balaban J connectivity index is 1.84. The van der Waals surface area contributed by atoms with Gasteiger partial charge in [0.15, 0.2) is 0 Å². The summed E-state index contributed by atoms with van der Waals surface area (Å²) in [5.74, 6) is 3.78. The molecule has 2 aliphatic carbocycles. The number of hydrogen-bond acceptors (Lipinski definition) is 3. The summed E-state index contributed by atoms with van der Waals surface area (Å²) in [6, 6.07) is 0.701. The largest absolute Gasteiger partial charge is 0.394 e. The van der Waals surface area contributed by atoms with Crippen molar-refractivity contribution in [3.05, 3.63) is 0 Å². The molecule has 0 radical (unpaired) electrons. The van der Waals surface area contributed by atoms with E-state index in [4.69, 9.17) is 0 Å². The summed E-state index contributed by atoms with van der Waals surface area (Å²) in [6.07, 6.45) is 5.23. The molecule has 2 fully saturated rings. The standard InChI is InChI=1S/C13H25NOS/c1-10(2)7-16-9-13(8-15,11-3-4-11)14-12-5-6-12/h10-12,14-15H,3-9H2,1-2H3. The summed E-state index contributed by atoms with van der Waals surface area (Å²) in [5.41, 5.74) is 0.0424. The fourth-order valence-corrected chi connectivity index (χ4v) is 3.61. The molecule has 0 aliphatic heterocycles. The molecule has 0 aromatic rings. The van der Waals surface area contributed by atoms with Gasteiger partial charge in [0.1, 0.15) is 0 Å². The summed E-state index contributed by atoms with van der Waals surface area (Å²) in [6.45, 7) is 4.84. The van der Waals surface area contributed by atoms with E-state index in [-0.39, 0.29) is 5.54 Å². The van der Waals surface area contributed by atoms with Crippen molar-refractivity contribution in [2.75, 3.05) is 18.1 Å². The summed E-state index contributed by atoms with van der Waals surface area (Å²) >= 11 is 2.01. The lowest BCUT2D eigenvalue weighted by molar-refractivity contribution is 0.157. The summed E-state index contributed by atoms with van der Waals surface area (Å²) in [4.78, 5) is 0. The Labute approximate surface area is 104 Å². The summed E-state index contributed by atoms with van der Waals surface area (Å²) in [5, 5.41) is 13.5. The Kier molecular flexibility index (Phi) is 4.20. The average molecular weight is 243 g/mol. The molecule has 0 bridgehead atoms. The summed E-state index contributed by atoms with van der Waals surface area (Å²) < 4.78 is 0. The van der Waals surface area contributed by atoms with Gasteiger partial charge in [-0.1, -0.05) is 13.8 Å².